The fraction of sp³-hybridized carbons (Fsp3) is 0.400. The summed E-state index contributed by atoms with van der Waals surface area (Å²) in [5, 5.41) is 3.18. The van der Waals surface area contributed by atoms with Crippen molar-refractivity contribution in [2.75, 3.05) is 13.1 Å². The molecule has 2 amide bonds. The molecule has 2 aliphatic rings. The highest BCUT2D eigenvalue weighted by molar-refractivity contribution is 9.10. The minimum absolute atomic E-state index is 0.0720. The zero-order valence-electron chi connectivity index (χ0n) is 14.4. The van der Waals surface area contributed by atoms with Crippen LogP contribution in [0, 0.1) is 5.92 Å². The Bertz CT molecular complexity index is 780. The fourth-order valence-electron chi connectivity index (χ4n) is 3.65. The van der Waals surface area contributed by atoms with Crippen LogP contribution in [0.4, 0.5) is 0 Å². The van der Waals surface area contributed by atoms with Crippen LogP contribution in [0.15, 0.2) is 51.6 Å². The van der Waals surface area contributed by atoms with Crippen LogP contribution in [0.5, 0.6) is 0 Å². The number of carbonyl (C=O) groups excluding carboxylic acids is 2. The van der Waals surface area contributed by atoms with Gasteiger partial charge in [0.25, 0.3) is 5.91 Å². The predicted molar refractivity (Wildman–Crippen MR) is 101 cm³/mol. The lowest BCUT2D eigenvalue weighted by molar-refractivity contribution is -0.123. The highest BCUT2D eigenvalue weighted by Gasteiger charge is 2.44. The van der Waals surface area contributed by atoms with Gasteiger partial charge in [0, 0.05) is 29.5 Å². The van der Waals surface area contributed by atoms with E-state index in [1.165, 1.54) is 11.8 Å². The summed E-state index contributed by atoms with van der Waals surface area (Å²) in [4.78, 5) is 26.6. The molecule has 0 bridgehead atoms. The van der Waals surface area contributed by atoms with Gasteiger partial charge in [0.2, 0.25) is 5.91 Å². The first-order chi connectivity index (χ1) is 12.6. The zero-order chi connectivity index (χ0) is 18.1. The van der Waals surface area contributed by atoms with Crippen molar-refractivity contribution in [3.05, 3.63) is 58.5 Å². The van der Waals surface area contributed by atoms with Gasteiger partial charge >= 0.3 is 0 Å². The number of halogens is 1. The number of rotatable bonds is 4. The second-order valence-electron chi connectivity index (χ2n) is 7.05. The summed E-state index contributed by atoms with van der Waals surface area (Å²) in [6.07, 6.45) is 4.00. The van der Waals surface area contributed by atoms with Crippen LogP contribution in [0.3, 0.4) is 0 Å². The minimum Gasteiger partial charge on any atom is -0.459 e. The molecule has 1 aliphatic heterocycles. The van der Waals surface area contributed by atoms with Gasteiger partial charge in [-0.25, -0.2) is 0 Å². The first-order valence-electron chi connectivity index (χ1n) is 9.00. The van der Waals surface area contributed by atoms with Crippen molar-refractivity contribution >= 4 is 27.7 Å². The van der Waals surface area contributed by atoms with Crippen molar-refractivity contribution < 1.29 is 14.0 Å². The molecule has 1 N–H and O–H groups in total. The molecule has 1 aromatic carbocycles. The molecule has 1 aromatic heterocycles. The summed E-state index contributed by atoms with van der Waals surface area (Å²) in [6.45, 7) is 1.29. The Hall–Kier alpha value is -2.08. The number of furan rings is 1. The van der Waals surface area contributed by atoms with Gasteiger partial charge in [0.15, 0.2) is 5.76 Å². The van der Waals surface area contributed by atoms with Crippen LogP contribution < -0.4 is 5.32 Å². The third-order valence-corrected chi connectivity index (χ3v) is 5.81. The van der Waals surface area contributed by atoms with E-state index in [0.29, 0.717) is 24.8 Å². The van der Waals surface area contributed by atoms with E-state index in [9.17, 15) is 9.59 Å². The van der Waals surface area contributed by atoms with Crippen molar-refractivity contribution in [2.45, 2.75) is 31.2 Å². The van der Waals surface area contributed by atoms with Gasteiger partial charge in [-0.05, 0) is 55.0 Å². The minimum atomic E-state index is -0.0720. The van der Waals surface area contributed by atoms with Gasteiger partial charge in [-0.1, -0.05) is 28.1 Å². The molecule has 0 radical (unpaired) electrons. The van der Waals surface area contributed by atoms with Crippen LogP contribution in [0.25, 0.3) is 0 Å². The summed E-state index contributed by atoms with van der Waals surface area (Å²) < 4.78 is 6.23. The van der Waals surface area contributed by atoms with Crippen molar-refractivity contribution in [3.8, 4) is 0 Å². The Morgan fingerprint density at radius 3 is 2.50 bits per heavy atom. The smallest absolute Gasteiger partial charge is 0.289 e. The first kappa shape index (κ1) is 17.3. The maximum atomic E-state index is 12.5. The van der Waals surface area contributed by atoms with E-state index >= 15 is 0 Å². The molecule has 2 aromatic rings. The molecule has 1 saturated heterocycles. The predicted octanol–water partition coefficient (Wildman–Crippen LogP) is 3.57. The van der Waals surface area contributed by atoms with E-state index in [2.05, 4.69) is 33.4 Å². The van der Waals surface area contributed by atoms with Crippen molar-refractivity contribution in [2.24, 2.45) is 5.92 Å². The monoisotopic (exact) mass is 416 g/mol. The van der Waals surface area contributed by atoms with E-state index in [1.54, 1.807) is 17.0 Å². The molecule has 4 rings (SSSR count). The zero-order valence-corrected chi connectivity index (χ0v) is 15.9. The molecule has 5 nitrogen and oxygen atoms in total. The largest absolute Gasteiger partial charge is 0.459 e. The number of likely N-dealkylation sites (tertiary alicyclic amines) is 1. The first-order valence-corrected chi connectivity index (χ1v) is 9.80. The molecular formula is C20H21BrN2O3. The van der Waals surface area contributed by atoms with Gasteiger partial charge in [-0.2, -0.15) is 0 Å². The molecule has 2 fully saturated rings. The molecule has 2 heterocycles. The van der Waals surface area contributed by atoms with Crippen LogP contribution in [0.2, 0.25) is 0 Å². The SMILES string of the molecule is O=C(NC1CCN(C(=O)c2ccco2)CC1)C1CC1c1ccc(Br)cc1. The van der Waals surface area contributed by atoms with Crippen LogP contribution in [-0.4, -0.2) is 35.8 Å². The van der Waals surface area contributed by atoms with Gasteiger partial charge in [0.05, 0.1) is 6.26 Å². The van der Waals surface area contributed by atoms with E-state index < -0.39 is 0 Å². The highest BCUT2D eigenvalue weighted by Crippen LogP contribution is 2.47. The lowest BCUT2D eigenvalue weighted by Crippen LogP contribution is -2.47. The standard InChI is InChI=1S/C20H21BrN2O3/c21-14-5-3-13(4-6-14)16-12-17(16)19(24)22-15-7-9-23(10-8-15)20(25)18-2-1-11-26-18/h1-6,11,15-17H,7-10,12H2,(H,22,24). The second-order valence-corrected chi connectivity index (χ2v) is 7.97. The van der Waals surface area contributed by atoms with Crippen LogP contribution >= 0.6 is 15.9 Å². The number of benzene rings is 1. The number of amides is 2. The number of nitrogens with zero attached hydrogens (tertiary/aromatic N) is 1. The maximum Gasteiger partial charge on any atom is 0.289 e. The summed E-state index contributed by atoms with van der Waals surface area (Å²) in [5.41, 5.74) is 1.23. The van der Waals surface area contributed by atoms with Crippen molar-refractivity contribution in [3.63, 3.8) is 0 Å². The van der Waals surface area contributed by atoms with E-state index in [4.69, 9.17) is 4.42 Å². The summed E-state index contributed by atoms with van der Waals surface area (Å²) in [7, 11) is 0. The van der Waals surface area contributed by atoms with Crippen molar-refractivity contribution in [1.82, 2.24) is 10.2 Å². The number of hydrogen-bond donors (Lipinski definition) is 1. The quantitative estimate of drug-likeness (QED) is 0.828. The number of hydrogen-bond acceptors (Lipinski definition) is 3. The van der Waals surface area contributed by atoms with Gasteiger partial charge in [0.1, 0.15) is 0 Å². The molecule has 6 heteroatoms. The molecule has 2 atom stereocenters. The van der Waals surface area contributed by atoms with Crippen LogP contribution in [-0.2, 0) is 4.79 Å². The number of carbonyl (C=O) groups is 2. The fourth-order valence-corrected chi connectivity index (χ4v) is 3.92. The molecule has 0 spiro atoms. The maximum absolute atomic E-state index is 12.5. The van der Waals surface area contributed by atoms with Crippen LogP contribution in [0.1, 0.15) is 41.3 Å². The second kappa shape index (κ2) is 7.27. The molecule has 136 valence electrons. The lowest BCUT2D eigenvalue weighted by Gasteiger charge is -2.32. The summed E-state index contributed by atoms with van der Waals surface area (Å²) >= 11 is 3.44. The molecule has 2 unspecified atom stereocenters. The Balaban J connectivity index is 1.25. The van der Waals surface area contributed by atoms with E-state index in [-0.39, 0.29) is 23.8 Å². The highest BCUT2D eigenvalue weighted by atomic mass is 79.9. The average molecular weight is 417 g/mol. The lowest BCUT2D eigenvalue weighted by atomic mass is 10.0. The number of nitrogens with one attached hydrogen (secondary N) is 1. The molecular weight excluding hydrogens is 396 g/mol. The normalized spacial score (nSPS) is 22.9. The third kappa shape index (κ3) is 3.70. The molecule has 1 aliphatic carbocycles. The third-order valence-electron chi connectivity index (χ3n) is 5.29. The van der Waals surface area contributed by atoms with E-state index in [0.717, 1.165) is 23.7 Å². The van der Waals surface area contributed by atoms with Gasteiger partial charge < -0.3 is 14.6 Å². The van der Waals surface area contributed by atoms with Crippen molar-refractivity contribution in [1.29, 1.82) is 0 Å². The molecule has 26 heavy (non-hydrogen) atoms. The van der Waals surface area contributed by atoms with Gasteiger partial charge in [-0.15, -0.1) is 0 Å². The number of piperidine rings is 1. The Morgan fingerprint density at radius 2 is 1.85 bits per heavy atom. The van der Waals surface area contributed by atoms with Gasteiger partial charge in [-0.3, -0.25) is 9.59 Å². The Morgan fingerprint density at radius 1 is 1.12 bits per heavy atom. The molecule has 1 saturated carbocycles. The average Bonchev–Trinajstić information content (AvgIpc) is 3.27. The Kier molecular flexibility index (Phi) is 4.85. The van der Waals surface area contributed by atoms with E-state index in [1.807, 2.05) is 12.1 Å². The summed E-state index contributed by atoms with van der Waals surface area (Å²) in [6, 6.07) is 11.8. The Labute approximate surface area is 160 Å². The summed E-state index contributed by atoms with van der Waals surface area (Å²) in [5.74, 6) is 0.872. The topological polar surface area (TPSA) is 62.6 Å².